The van der Waals surface area contributed by atoms with E-state index in [2.05, 4.69) is 18.3 Å². The monoisotopic (exact) mass is 251 g/mol. The van der Waals surface area contributed by atoms with Gasteiger partial charge in [-0.25, -0.2) is 0 Å². The summed E-state index contributed by atoms with van der Waals surface area (Å²) in [7, 11) is 5.41. The molecule has 0 heterocycles. The molecule has 0 aliphatic carbocycles. The van der Waals surface area contributed by atoms with Crippen molar-refractivity contribution in [3.63, 3.8) is 0 Å². The fourth-order valence-electron chi connectivity index (χ4n) is 2.17. The van der Waals surface area contributed by atoms with E-state index in [0.29, 0.717) is 6.04 Å². The third kappa shape index (κ3) is 4.22. The van der Waals surface area contributed by atoms with Gasteiger partial charge in [-0.05, 0) is 37.9 Å². The summed E-state index contributed by atoms with van der Waals surface area (Å²) in [5, 5.41) is 3.37. The summed E-state index contributed by atoms with van der Waals surface area (Å²) in [5.74, 6) is 1.76. The van der Waals surface area contributed by atoms with Gasteiger partial charge in [0.1, 0.15) is 11.5 Å². The van der Waals surface area contributed by atoms with Crippen LogP contribution in [-0.4, -0.2) is 27.3 Å². The van der Waals surface area contributed by atoms with Gasteiger partial charge in [-0.2, -0.15) is 0 Å². The summed E-state index contributed by atoms with van der Waals surface area (Å²) in [6.07, 6.45) is 4.59. The van der Waals surface area contributed by atoms with Gasteiger partial charge in [0.15, 0.2) is 0 Å². The van der Waals surface area contributed by atoms with Gasteiger partial charge in [0, 0.05) is 12.1 Å². The van der Waals surface area contributed by atoms with E-state index in [9.17, 15) is 0 Å². The molecular formula is C15H25NO2. The molecule has 3 heteroatoms. The van der Waals surface area contributed by atoms with E-state index in [1.165, 1.54) is 18.4 Å². The van der Waals surface area contributed by atoms with Gasteiger partial charge in [0.25, 0.3) is 0 Å². The average molecular weight is 251 g/mol. The third-order valence-electron chi connectivity index (χ3n) is 3.30. The van der Waals surface area contributed by atoms with Gasteiger partial charge in [-0.3, -0.25) is 0 Å². The normalized spacial score (nSPS) is 12.2. The van der Waals surface area contributed by atoms with Gasteiger partial charge in [-0.15, -0.1) is 0 Å². The molecule has 0 aliphatic heterocycles. The number of benzene rings is 1. The molecule has 1 rings (SSSR count). The third-order valence-corrected chi connectivity index (χ3v) is 3.30. The first-order valence-electron chi connectivity index (χ1n) is 6.63. The van der Waals surface area contributed by atoms with Crippen LogP contribution in [0.5, 0.6) is 11.5 Å². The lowest BCUT2D eigenvalue weighted by Crippen LogP contribution is -2.25. The minimum atomic E-state index is 0.585. The first kappa shape index (κ1) is 14.8. The molecule has 0 bridgehead atoms. The number of nitrogens with one attached hydrogen (secondary N) is 1. The minimum absolute atomic E-state index is 0.585. The molecule has 0 fully saturated rings. The highest BCUT2D eigenvalue weighted by molar-refractivity contribution is 5.40. The van der Waals surface area contributed by atoms with E-state index in [-0.39, 0.29) is 0 Å². The van der Waals surface area contributed by atoms with Crippen LogP contribution in [-0.2, 0) is 6.42 Å². The van der Waals surface area contributed by atoms with Gasteiger partial charge in [0.05, 0.1) is 14.2 Å². The van der Waals surface area contributed by atoms with Crippen molar-refractivity contribution in [2.45, 2.75) is 38.6 Å². The summed E-state index contributed by atoms with van der Waals surface area (Å²) in [5.41, 5.74) is 1.25. The Bertz CT molecular complexity index is 352. The highest BCUT2D eigenvalue weighted by atomic mass is 16.5. The molecule has 0 spiro atoms. The van der Waals surface area contributed by atoms with E-state index >= 15 is 0 Å². The maximum absolute atomic E-state index is 5.41. The predicted octanol–water partition coefficient (Wildman–Crippen LogP) is 3.02. The highest BCUT2D eigenvalue weighted by Gasteiger charge is 2.09. The quantitative estimate of drug-likeness (QED) is 0.770. The molecule has 1 aromatic rings. The second-order valence-corrected chi connectivity index (χ2v) is 4.49. The van der Waals surface area contributed by atoms with E-state index < -0.39 is 0 Å². The van der Waals surface area contributed by atoms with Crippen molar-refractivity contribution in [1.29, 1.82) is 0 Å². The van der Waals surface area contributed by atoms with Crippen molar-refractivity contribution in [2.75, 3.05) is 21.3 Å². The first-order chi connectivity index (χ1) is 8.74. The Morgan fingerprint density at radius 3 is 2.50 bits per heavy atom. The van der Waals surface area contributed by atoms with E-state index in [4.69, 9.17) is 9.47 Å². The van der Waals surface area contributed by atoms with E-state index in [0.717, 1.165) is 24.3 Å². The molecule has 1 atom stereocenters. The summed E-state index contributed by atoms with van der Waals surface area (Å²) in [6.45, 7) is 2.22. The van der Waals surface area contributed by atoms with Gasteiger partial charge in [-0.1, -0.05) is 19.4 Å². The summed E-state index contributed by atoms with van der Waals surface area (Å²) >= 11 is 0. The number of hydrogen-bond acceptors (Lipinski definition) is 3. The molecule has 0 radical (unpaired) electrons. The molecule has 0 amide bonds. The van der Waals surface area contributed by atoms with Crippen LogP contribution in [0.3, 0.4) is 0 Å². The van der Waals surface area contributed by atoms with Crippen LogP contribution in [0.4, 0.5) is 0 Å². The molecule has 1 aromatic carbocycles. The molecule has 102 valence electrons. The Hall–Kier alpha value is -1.22. The second-order valence-electron chi connectivity index (χ2n) is 4.49. The highest BCUT2D eigenvalue weighted by Crippen LogP contribution is 2.26. The smallest absolute Gasteiger partial charge is 0.125 e. The molecule has 1 N–H and O–H groups in total. The van der Waals surface area contributed by atoms with Gasteiger partial charge >= 0.3 is 0 Å². The number of hydrogen-bond donors (Lipinski definition) is 1. The number of rotatable bonds is 8. The molecule has 0 aliphatic rings. The maximum Gasteiger partial charge on any atom is 0.125 e. The fourth-order valence-corrected chi connectivity index (χ4v) is 2.17. The SMILES string of the molecule is CCCC(CCc1ccc(OC)cc1OC)NC. The molecule has 18 heavy (non-hydrogen) atoms. The summed E-state index contributed by atoms with van der Waals surface area (Å²) in [4.78, 5) is 0. The Morgan fingerprint density at radius 1 is 1.17 bits per heavy atom. The Labute approximate surface area is 110 Å². The minimum Gasteiger partial charge on any atom is -0.497 e. The van der Waals surface area contributed by atoms with Crippen molar-refractivity contribution < 1.29 is 9.47 Å². The molecule has 3 nitrogen and oxygen atoms in total. The standard InChI is InChI=1S/C15H25NO2/c1-5-6-13(16-2)9-7-12-8-10-14(17-3)11-15(12)18-4/h8,10-11,13,16H,5-7,9H2,1-4H3. The summed E-state index contributed by atoms with van der Waals surface area (Å²) < 4.78 is 10.6. The zero-order valence-corrected chi connectivity index (χ0v) is 12.0. The van der Waals surface area contributed by atoms with Crippen molar-refractivity contribution in [1.82, 2.24) is 5.32 Å². The van der Waals surface area contributed by atoms with Crippen molar-refractivity contribution in [3.05, 3.63) is 23.8 Å². The van der Waals surface area contributed by atoms with Gasteiger partial charge in [0.2, 0.25) is 0 Å². The fraction of sp³-hybridized carbons (Fsp3) is 0.600. The van der Waals surface area contributed by atoms with Crippen LogP contribution >= 0.6 is 0 Å². The van der Waals surface area contributed by atoms with E-state index in [1.807, 2.05) is 19.2 Å². The summed E-state index contributed by atoms with van der Waals surface area (Å²) in [6, 6.07) is 6.62. The first-order valence-corrected chi connectivity index (χ1v) is 6.63. The van der Waals surface area contributed by atoms with Crippen molar-refractivity contribution >= 4 is 0 Å². The van der Waals surface area contributed by atoms with E-state index in [1.54, 1.807) is 14.2 Å². The lowest BCUT2D eigenvalue weighted by atomic mass is 10.0. The van der Waals surface area contributed by atoms with Gasteiger partial charge < -0.3 is 14.8 Å². The molecular weight excluding hydrogens is 226 g/mol. The molecule has 0 saturated carbocycles. The molecule has 1 unspecified atom stereocenters. The lowest BCUT2D eigenvalue weighted by Gasteiger charge is -2.16. The van der Waals surface area contributed by atoms with Crippen molar-refractivity contribution in [3.8, 4) is 11.5 Å². The zero-order valence-electron chi connectivity index (χ0n) is 12.0. The van der Waals surface area contributed by atoms with Crippen LogP contribution in [0, 0.1) is 0 Å². The molecule has 0 saturated heterocycles. The number of ether oxygens (including phenoxy) is 2. The average Bonchev–Trinajstić information content (AvgIpc) is 2.43. The Kier molecular flexibility index (Phi) is 6.58. The number of methoxy groups -OCH3 is 2. The number of aryl methyl sites for hydroxylation is 1. The van der Waals surface area contributed by atoms with Crippen LogP contribution in [0.25, 0.3) is 0 Å². The largest absolute Gasteiger partial charge is 0.497 e. The van der Waals surface area contributed by atoms with Crippen molar-refractivity contribution in [2.24, 2.45) is 0 Å². The predicted molar refractivity (Wildman–Crippen MR) is 75.6 cm³/mol. The molecule has 0 aromatic heterocycles. The topological polar surface area (TPSA) is 30.5 Å². The Balaban J connectivity index is 2.65. The van der Waals surface area contributed by atoms with Crippen LogP contribution < -0.4 is 14.8 Å². The maximum atomic E-state index is 5.41. The van der Waals surface area contributed by atoms with Crippen LogP contribution in [0.2, 0.25) is 0 Å². The second kappa shape index (κ2) is 7.98. The lowest BCUT2D eigenvalue weighted by molar-refractivity contribution is 0.389. The Morgan fingerprint density at radius 2 is 1.94 bits per heavy atom. The zero-order chi connectivity index (χ0) is 13.4. The van der Waals surface area contributed by atoms with Crippen LogP contribution in [0.1, 0.15) is 31.7 Å². The van der Waals surface area contributed by atoms with Crippen LogP contribution in [0.15, 0.2) is 18.2 Å².